The molecule has 0 atom stereocenters. The van der Waals surface area contributed by atoms with Crippen LogP contribution >= 0.6 is 27.3 Å². The zero-order valence-corrected chi connectivity index (χ0v) is 16.2. The summed E-state index contributed by atoms with van der Waals surface area (Å²) in [5.41, 5.74) is 2.17. The summed E-state index contributed by atoms with van der Waals surface area (Å²) in [6.07, 6.45) is 5.22. The SMILES string of the molecule is Cn1ccc(C(=O)N(Cc2cccnc2)c2nc3ccc(Br)cc3s2)n1. The van der Waals surface area contributed by atoms with Gasteiger partial charge in [-0.1, -0.05) is 33.3 Å². The molecule has 0 spiro atoms. The van der Waals surface area contributed by atoms with Gasteiger partial charge in [0.1, 0.15) is 0 Å². The molecular formula is C18H14BrN5OS. The Labute approximate surface area is 162 Å². The first-order valence-corrected chi connectivity index (χ1v) is 9.47. The van der Waals surface area contributed by atoms with Gasteiger partial charge in [0.05, 0.1) is 16.8 Å². The van der Waals surface area contributed by atoms with Gasteiger partial charge in [-0.2, -0.15) is 5.10 Å². The summed E-state index contributed by atoms with van der Waals surface area (Å²) >= 11 is 4.96. The Balaban J connectivity index is 1.76. The van der Waals surface area contributed by atoms with E-state index < -0.39 is 0 Å². The lowest BCUT2D eigenvalue weighted by Crippen LogP contribution is -2.30. The molecule has 0 radical (unpaired) electrons. The first kappa shape index (κ1) is 16.9. The van der Waals surface area contributed by atoms with Gasteiger partial charge in [0.25, 0.3) is 5.91 Å². The number of benzene rings is 1. The Morgan fingerprint density at radius 3 is 2.92 bits per heavy atom. The standard InChI is InChI=1S/C18H14BrN5OS/c1-23-8-6-15(22-23)17(25)24(11-12-3-2-7-20-10-12)18-21-14-5-4-13(19)9-16(14)26-18/h2-10H,11H2,1H3. The van der Waals surface area contributed by atoms with Gasteiger partial charge >= 0.3 is 0 Å². The number of halogens is 1. The van der Waals surface area contributed by atoms with Crippen LogP contribution in [-0.4, -0.2) is 25.7 Å². The Bertz CT molecular complexity index is 1080. The Morgan fingerprint density at radius 1 is 1.31 bits per heavy atom. The molecule has 26 heavy (non-hydrogen) atoms. The maximum Gasteiger partial charge on any atom is 0.280 e. The molecule has 4 aromatic rings. The second kappa shape index (κ2) is 6.97. The summed E-state index contributed by atoms with van der Waals surface area (Å²) in [6, 6.07) is 11.4. The van der Waals surface area contributed by atoms with Crippen molar-refractivity contribution in [1.82, 2.24) is 19.7 Å². The van der Waals surface area contributed by atoms with E-state index in [0.717, 1.165) is 20.3 Å². The zero-order valence-electron chi connectivity index (χ0n) is 13.8. The van der Waals surface area contributed by atoms with Crippen LogP contribution in [0.3, 0.4) is 0 Å². The highest BCUT2D eigenvalue weighted by Gasteiger charge is 2.23. The van der Waals surface area contributed by atoms with Gasteiger partial charge < -0.3 is 0 Å². The number of thiazole rings is 1. The molecule has 1 amide bonds. The van der Waals surface area contributed by atoms with E-state index in [2.05, 4.69) is 31.0 Å². The fraction of sp³-hybridized carbons (Fsp3) is 0.111. The number of fused-ring (bicyclic) bond motifs is 1. The molecule has 8 heteroatoms. The van der Waals surface area contributed by atoms with Crippen LogP contribution in [0.5, 0.6) is 0 Å². The van der Waals surface area contributed by atoms with Gasteiger partial charge in [0, 0.05) is 30.1 Å². The number of rotatable bonds is 4. The number of pyridine rings is 1. The number of carbonyl (C=O) groups excluding carboxylic acids is 1. The van der Waals surface area contributed by atoms with E-state index in [1.807, 2.05) is 30.3 Å². The third-order valence-electron chi connectivity index (χ3n) is 3.81. The van der Waals surface area contributed by atoms with Crippen molar-refractivity contribution >= 4 is 48.5 Å². The maximum atomic E-state index is 13.1. The maximum absolute atomic E-state index is 13.1. The molecule has 0 unspecified atom stereocenters. The number of anilines is 1. The lowest BCUT2D eigenvalue weighted by molar-refractivity contribution is 0.0979. The molecule has 0 saturated carbocycles. The number of aryl methyl sites for hydroxylation is 1. The van der Waals surface area contributed by atoms with Crippen LogP contribution in [0.1, 0.15) is 16.1 Å². The van der Waals surface area contributed by atoms with Crippen molar-refractivity contribution < 1.29 is 4.79 Å². The minimum Gasteiger partial charge on any atom is -0.278 e. The molecule has 0 saturated heterocycles. The van der Waals surface area contributed by atoms with E-state index >= 15 is 0 Å². The normalized spacial score (nSPS) is 11.0. The molecule has 0 fully saturated rings. The van der Waals surface area contributed by atoms with Gasteiger partial charge in [-0.25, -0.2) is 4.98 Å². The first-order chi connectivity index (χ1) is 12.6. The Morgan fingerprint density at radius 2 is 2.19 bits per heavy atom. The number of nitrogens with zero attached hydrogens (tertiary/aromatic N) is 5. The van der Waals surface area contributed by atoms with Gasteiger partial charge in [0.2, 0.25) is 0 Å². The first-order valence-electron chi connectivity index (χ1n) is 7.87. The molecule has 0 aliphatic rings. The summed E-state index contributed by atoms with van der Waals surface area (Å²) in [6.45, 7) is 0.379. The predicted molar refractivity (Wildman–Crippen MR) is 105 cm³/mol. The van der Waals surface area contributed by atoms with Gasteiger partial charge in [-0.05, 0) is 35.9 Å². The number of aromatic nitrogens is 4. The topological polar surface area (TPSA) is 63.9 Å². The quantitative estimate of drug-likeness (QED) is 0.492. The predicted octanol–water partition coefficient (Wildman–Crippen LogP) is 4.03. The molecular weight excluding hydrogens is 414 g/mol. The van der Waals surface area contributed by atoms with Crippen molar-refractivity contribution in [3.8, 4) is 0 Å². The van der Waals surface area contributed by atoms with Crippen LogP contribution < -0.4 is 4.90 Å². The van der Waals surface area contributed by atoms with Crippen LogP contribution in [-0.2, 0) is 13.6 Å². The van der Waals surface area contributed by atoms with Gasteiger partial charge in [-0.15, -0.1) is 0 Å². The highest BCUT2D eigenvalue weighted by molar-refractivity contribution is 9.10. The van der Waals surface area contributed by atoms with Crippen molar-refractivity contribution in [1.29, 1.82) is 0 Å². The number of carbonyl (C=O) groups is 1. The molecule has 1 aromatic carbocycles. The Kier molecular flexibility index (Phi) is 4.52. The second-order valence-corrected chi connectivity index (χ2v) is 7.66. The van der Waals surface area contributed by atoms with E-state index in [-0.39, 0.29) is 5.91 Å². The van der Waals surface area contributed by atoms with Crippen molar-refractivity contribution in [2.75, 3.05) is 4.90 Å². The lowest BCUT2D eigenvalue weighted by atomic mass is 10.2. The minimum atomic E-state index is -0.187. The van der Waals surface area contributed by atoms with Crippen LogP contribution in [0, 0.1) is 0 Å². The second-order valence-electron chi connectivity index (χ2n) is 5.74. The largest absolute Gasteiger partial charge is 0.280 e. The van der Waals surface area contributed by atoms with E-state index in [1.165, 1.54) is 11.3 Å². The van der Waals surface area contributed by atoms with E-state index in [9.17, 15) is 4.79 Å². The van der Waals surface area contributed by atoms with Crippen LogP contribution in [0.25, 0.3) is 10.2 Å². The molecule has 4 rings (SSSR count). The van der Waals surface area contributed by atoms with Gasteiger partial charge in [0.15, 0.2) is 10.8 Å². The van der Waals surface area contributed by atoms with E-state index in [1.54, 1.807) is 41.3 Å². The summed E-state index contributed by atoms with van der Waals surface area (Å²) in [4.78, 5) is 23.5. The van der Waals surface area contributed by atoms with Crippen LogP contribution in [0.15, 0.2) is 59.5 Å². The number of hydrogen-bond donors (Lipinski definition) is 0. The third-order valence-corrected chi connectivity index (χ3v) is 5.35. The van der Waals surface area contributed by atoms with E-state index in [4.69, 9.17) is 0 Å². The summed E-state index contributed by atoms with van der Waals surface area (Å²) < 4.78 is 3.61. The number of amides is 1. The summed E-state index contributed by atoms with van der Waals surface area (Å²) in [7, 11) is 1.79. The molecule has 3 aromatic heterocycles. The summed E-state index contributed by atoms with van der Waals surface area (Å²) in [5, 5.41) is 4.88. The van der Waals surface area contributed by atoms with Crippen LogP contribution in [0.2, 0.25) is 0 Å². The zero-order chi connectivity index (χ0) is 18.1. The molecule has 0 aliphatic heterocycles. The average Bonchev–Trinajstić information content (AvgIpc) is 3.25. The minimum absolute atomic E-state index is 0.187. The van der Waals surface area contributed by atoms with Crippen molar-refractivity contribution in [2.24, 2.45) is 7.05 Å². The lowest BCUT2D eigenvalue weighted by Gasteiger charge is -2.18. The molecule has 3 heterocycles. The monoisotopic (exact) mass is 427 g/mol. The third kappa shape index (κ3) is 3.38. The highest BCUT2D eigenvalue weighted by atomic mass is 79.9. The summed E-state index contributed by atoms with van der Waals surface area (Å²) in [5.74, 6) is -0.187. The van der Waals surface area contributed by atoms with Crippen molar-refractivity contribution in [3.63, 3.8) is 0 Å². The fourth-order valence-electron chi connectivity index (χ4n) is 2.57. The van der Waals surface area contributed by atoms with Gasteiger partial charge in [-0.3, -0.25) is 19.4 Å². The van der Waals surface area contributed by atoms with Crippen molar-refractivity contribution in [3.05, 3.63) is 70.7 Å². The van der Waals surface area contributed by atoms with E-state index in [0.29, 0.717) is 17.4 Å². The molecule has 130 valence electrons. The number of hydrogen-bond acceptors (Lipinski definition) is 5. The molecule has 6 nitrogen and oxygen atoms in total. The molecule has 0 N–H and O–H groups in total. The van der Waals surface area contributed by atoms with Crippen molar-refractivity contribution in [2.45, 2.75) is 6.54 Å². The Hall–Kier alpha value is -2.58. The average molecular weight is 428 g/mol. The smallest absolute Gasteiger partial charge is 0.278 e. The highest BCUT2D eigenvalue weighted by Crippen LogP contribution is 2.32. The van der Waals surface area contributed by atoms with Crippen LogP contribution in [0.4, 0.5) is 5.13 Å². The fourth-order valence-corrected chi connectivity index (χ4v) is 4.08. The molecule has 0 bridgehead atoms. The molecule has 0 aliphatic carbocycles.